The van der Waals surface area contributed by atoms with Crippen LogP contribution in [0.25, 0.3) is 0 Å². The van der Waals surface area contributed by atoms with Gasteiger partial charge in [-0.15, -0.1) is 0 Å². The Hall–Kier alpha value is -1.89. The van der Waals surface area contributed by atoms with Gasteiger partial charge in [-0.2, -0.15) is 0 Å². The Kier molecular flexibility index (Phi) is 8.48. The van der Waals surface area contributed by atoms with Crippen molar-refractivity contribution in [3.05, 3.63) is 42.0 Å². The molecule has 1 heterocycles. The fraction of sp³-hybridized carbons (Fsp3) is 0.591. The Morgan fingerprint density at radius 1 is 1.32 bits per heavy atom. The average Bonchev–Trinajstić information content (AvgIpc) is 2.66. The molecule has 0 spiro atoms. The van der Waals surface area contributed by atoms with Crippen molar-refractivity contribution in [2.45, 2.75) is 64.4 Å². The SMILES string of the molecule is CCCOC(C)(C)C1OCC(C/C=C\CCC(=O)O)C(c2ccccc2O)O1. The lowest BCUT2D eigenvalue weighted by Crippen LogP contribution is -2.48. The van der Waals surface area contributed by atoms with Crippen LogP contribution in [0.15, 0.2) is 36.4 Å². The number of phenols is 1. The van der Waals surface area contributed by atoms with Gasteiger partial charge < -0.3 is 24.4 Å². The third-order valence-electron chi connectivity index (χ3n) is 4.78. The molecule has 6 heteroatoms. The van der Waals surface area contributed by atoms with Crippen LogP contribution in [0.1, 0.15) is 58.1 Å². The lowest BCUT2D eigenvalue weighted by atomic mass is 9.90. The number of benzene rings is 1. The summed E-state index contributed by atoms with van der Waals surface area (Å²) in [5.74, 6) is -0.605. The molecule has 1 aliphatic rings. The molecule has 2 rings (SSSR count). The van der Waals surface area contributed by atoms with Gasteiger partial charge in [0.25, 0.3) is 0 Å². The zero-order valence-corrected chi connectivity index (χ0v) is 17.0. The molecule has 0 saturated carbocycles. The summed E-state index contributed by atoms with van der Waals surface area (Å²) in [5, 5.41) is 19.1. The molecule has 1 saturated heterocycles. The number of ether oxygens (including phenoxy) is 3. The first-order valence-corrected chi connectivity index (χ1v) is 9.90. The van der Waals surface area contributed by atoms with E-state index < -0.39 is 17.9 Å². The van der Waals surface area contributed by atoms with E-state index in [-0.39, 0.29) is 24.2 Å². The van der Waals surface area contributed by atoms with Crippen molar-refractivity contribution in [3.63, 3.8) is 0 Å². The van der Waals surface area contributed by atoms with Crippen molar-refractivity contribution in [2.75, 3.05) is 13.2 Å². The van der Waals surface area contributed by atoms with Gasteiger partial charge in [0.15, 0.2) is 6.29 Å². The van der Waals surface area contributed by atoms with Crippen molar-refractivity contribution < 1.29 is 29.2 Å². The second-order valence-electron chi connectivity index (χ2n) is 7.63. The van der Waals surface area contributed by atoms with Gasteiger partial charge in [-0.25, -0.2) is 0 Å². The number of phenolic OH excluding ortho intramolecular Hbond substituents is 1. The zero-order valence-electron chi connectivity index (χ0n) is 17.0. The number of carboxylic acid groups (broad SMARTS) is 1. The van der Waals surface area contributed by atoms with Crippen molar-refractivity contribution in [1.29, 1.82) is 0 Å². The summed E-state index contributed by atoms with van der Waals surface area (Å²) in [4.78, 5) is 10.6. The first-order valence-electron chi connectivity index (χ1n) is 9.90. The lowest BCUT2D eigenvalue weighted by molar-refractivity contribution is -0.303. The molecule has 1 fully saturated rings. The highest BCUT2D eigenvalue weighted by Gasteiger charge is 2.41. The van der Waals surface area contributed by atoms with Gasteiger partial charge in [0.1, 0.15) is 11.4 Å². The molecule has 3 unspecified atom stereocenters. The number of para-hydroxylation sites is 1. The highest BCUT2D eigenvalue weighted by atomic mass is 16.7. The fourth-order valence-electron chi connectivity index (χ4n) is 3.22. The molecule has 156 valence electrons. The van der Waals surface area contributed by atoms with E-state index in [1.165, 1.54) is 0 Å². The number of aliphatic carboxylic acids is 1. The first-order chi connectivity index (χ1) is 13.3. The van der Waals surface area contributed by atoms with Gasteiger partial charge in [-0.3, -0.25) is 4.79 Å². The molecule has 1 aliphatic heterocycles. The predicted molar refractivity (Wildman–Crippen MR) is 106 cm³/mol. The van der Waals surface area contributed by atoms with Gasteiger partial charge in [-0.05, 0) is 39.2 Å². The number of carbonyl (C=O) groups is 1. The maximum absolute atomic E-state index is 10.6. The van der Waals surface area contributed by atoms with E-state index in [9.17, 15) is 9.90 Å². The molecular formula is C22H32O6. The van der Waals surface area contributed by atoms with Crippen molar-refractivity contribution in [1.82, 2.24) is 0 Å². The molecule has 0 aliphatic carbocycles. The van der Waals surface area contributed by atoms with Gasteiger partial charge in [0.2, 0.25) is 0 Å². The van der Waals surface area contributed by atoms with Crippen molar-refractivity contribution in [2.24, 2.45) is 5.92 Å². The molecule has 0 radical (unpaired) electrons. The van der Waals surface area contributed by atoms with Gasteiger partial charge in [0.05, 0.1) is 12.7 Å². The van der Waals surface area contributed by atoms with Crippen LogP contribution < -0.4 is 0 Å². The van der Waals surface area contributed by atoms with E-state index in [1.54, 1.807) is 12.1 Å². The fourth-order valence-corrected chi connectivity index (χ4v) is 3.22. The Morgan fingerprint density at radius 2 is 2.07 bits per heavy atom. The molecule has 1 aromatic rings. The minimum Gasteiger partial charge on any atom is -0.508 e. The Balaban J connectivity index is 2.12. The average molecular weight is 392 g/mol. The van der Waals surface area contributed by atoms with Crippen molar-refractivity contribution >= 4 is 5.97 Å². The van der Waals surface area contributed by atoms with Crippen LogP contribution in [0.4, 0.5) is 0 Å². The highest BCUT2D eigenvalue weighted by molar-refractivity contribution is 5.66. The van der Waals surface area contributed by atoms with E-state index in [0.29, 0.717) is 26.1 Å². The summed E-state index contributed by atoms with van der Waals surface area (Å²) < 4.78 is 18.2. The Morgan fingerprint density at radius 3 is 2.75 bits per heavy atom. The molecule has 1 aromatic carbocycles. The summed E-state index contributed by atoms with van der Waals surface area (Å²) in [6.07, 6.45) is 5.13. The number of allylic oxidation sites excluding steroid dienone is 2. The summed E-state index contributed by atoms with van der Waals surface area (Å²) in [5.41, 5.74) is 0.118. The van der Waals surface area contributed by atoms with Crippen LogP contribution >= 0.6 is 0 Å². The minimum absolute atomic E-state index is 0.00704. The second kappa shape index (κ2) is 10.6. The number of rotatable bonds is 10. The van der Waals surface area contributed by atoms with Crippen LogP contribution in [0.3, 0.4) is 0 Å². The molecule has 0 amide bonds. The van der Waals surface area contributed by atoms with Crippen LogP contribution in [0.5, 0.6) is 5.75 Å². The highest BCUT2D eigenvalue weighted by Crippen LogP contribution is 2.41. The number of carboxylic acids is 1. The Bertz CT molecular complexity index is 654. The number of hydrogen-bond acceptors (Lipinski definition) is 5. The summed E-state index contributed by atoms with van der Waals surface area (Å²) in [7, 11) is 0. The Labute approximate surface area is 167 Å². The summed E-state index contributed by atoms with van der Waals surface area (Å²) in [6, 6.07) is 7.18. The monoisotopic (exact) mass is 392 g/mol. The topological polar surface area (TPSA) is 85.2 Å². The van der Waals surface area contributed by atoms with Crippen LogP contribution in [-0.2, 0) is 19.0 Å². The van der Waals surface area contributed by atoms with Crippen LogP contribution in [0, 0.1) is 5.92 Å². The van der Waals surface area contributed by atoms with E-state index in [0.717, 1.165) is 12.0 Å². The summed E-state index contributed by atoms with van der Waals surface area (Å²) in [6.45, 7) is 7.03. The van der Waals surface area contributed by atoms with Crippen molar-refractivity contribution in [3.8, 4) is 5.75 Å². The number of aromatic hydroxyl groups is 1. The quantitative estimate of drug-likeness (QED) is 0.573. The molecular weight excluding hydrogens is 360 g/mol. The standard InChI is InChI=1S/C22H32O6/c1-4-14-27-22(2,3)21-26-15-16(10-6-5-7-13-19(24)25)20(28-21)17-11-8-9-12-18(17)23/h5-6,8-9,11-12,16,20-21,23H,4,7,10,13-15H2,1-3H3,(H,24,25)/b6-5-. The smallest absolute Gasteiger partial charge is 0.303 e. The van der Waals surface area contributed by atoms with Gasteiger partial charge in [-0.1, -0.05) is 37.3 Å². The molecule has 28 heavy (non-hydrogen) atoms. The van der Waals surface area contributed by atoms with E-state index >= 15 is 0 Å². The zero-order chi connectivity index (χ0) is 20.6. The van der Waals surface area contributed by atoms with E-state index in [1.807, 2.05) is 38.1 Å². The molecule has 3 atom stereocenters. The predicted octanol–water partition coefficient (Wildman–Crippen LogP) is 4.44. The van der Waals surface area contributed by atoms with E-state index in [4.69, 9.17) is 19.3 Å². The molecule has 2 N–H and O–H groups in total. The maximum Gasteiger partial charge on any atom is 0.303 e. The lowest BCUT2D eigenvalue weighted by Gasteiger charge is -2.43. The first kappa shape index (κ1) is 22.4. The normalized spacial score (nSPS) is 23.2. The van der Waals surface area contributed by atoms with Gasteiger partial charge >= 0.3 is 5.97 Å². The number of hydrogen-bond donors (Lipinski definition) is 2. The molecule has 0 bridgehead atoms. The van der Waals surface area contributed by atoms with E-state index in [2.05, 4.69) is 6.92 Å². The van der Waals surface area contributed by atoms with Gasteiger partial charge in [0, 0.05) is 24.5 Å². The molecule has 6 nitrogen and oxygen atoms in total. The third kappa shape index (κ3) is 6.33. The second-order valence-corrected chi connectivity index (χ2v) is 7.63. The van der Waals surface area contributed by atoms with Crippen LogP contribution in [0.2, 0.25) is 0 Å². The maximum atomic E-state index is 10.6. The largest absolute Gasteiger partial charge is 0.508 e. The summed E-state index contributed by atoms with van der Waals surface area (Å²) >= 11 is 0. The molecule has 0 aromatic heterocycles. The third-order valence-corrected chi connectivity index (χ3v) is 4.78. The minimum atomic E-state index is -0.807. The van der Waals surface area contributed by atoms with Crippen LogP contribution in [-0.4, -0.2) is 41.3 Å².